The van der Waals surface area contributed by atoms with Crippen molar-refractivity contribution in [2.45, 2.75) is 31.8 Å². The van der Waals surface area contributed by atoms with Crippen LogP contribution in [0.2, 0.25) is 0 Å². The smallest absolute Gasteiger partial charge is 0.407 e. The van der Waals surface area contributed by atoms with E-state index >= 15 is 0 Å². The first-order valence-corrected chi connectivity index (χ1v) is 11.0. The summed E-state index contributed by atoms with van der Waals surface area (Å²) in [5.74, 6) is -1.48. The van der Waals surface area contributed by atoms with E-state index in [1.54, 1.807) is 14.0 Å². The highest BCUT2D eigenvalue weighted by Crippen LogP contribution is 2.44. The lowest BCUT2D eigenvalue weighted by molar-refractivity contribution is -0.121. The summed E-state index contributed by atoms with van der Waals surface area (Å²) in [4.78, 5) is 35.9. The molecule has 0 fully saturated rings. The van der Waals surface area contributed by atoms with Gasteiger partial charge in [-0.2, -0.15) is 5.10 Å². The van der Waals surface area contributed by atoms with Gasteiger partial charge >= 0.3 is 12.1 Å². The zero-order chi connectivity index (χ0) is 24.2. The van der Waals surface area contributed by atoms with Gasteiger partial charge in [0, 0.05) is 25.4 Å². The van der Waals surface area contributed by atoms with Crippen LogP contribution in [0, 0.1) is 0 Å². The van der Waals surface area contributed by atoms with Crippen molar-refractivity contribution >= 4 is 18.0 Å². The Morgan fingerprint density at radius 1 is 1.09 bits per heavy atom. The maximum atomic E-state index is 12.4. The van der Waals surface area contributed by atoms with Crippen LogP contribution in [-0.4, -0.2) is 45.5 Å². The van der Waals surface area contributed by atoms with Crippen molar-refractivity contribution in [2.24, 2.45) is 7.05 Å². The molecule has 0 saturated heterocycles. The molecule has 34 heavy (non-hydrogen) atoms. The van der Waals surface area contributed by atoms with E-state index in [9.17, 15) is 19.5 Å². The standard InChI is InChI=1S/C25H26N4O5/c1-15(11-23(30)26-13-22-20(24(31)32)12-27-29(22)2)28-25(33)34-14-21-18-9-5-3-7-16(18)17-8-4-6-10-19(17)21/h3-10,12,15,21H,11,13-14H2,1-2H3,(H,26,30)(H,28,33)(H,31,32). The maximum absolute atomic E-state index is 12.4. The number of rotatable bonds is 8. The molecule has 1 heterocycles. The van der Waals surface area contributed by atoms with Gasteiger partial charge in [0.2, 0.25) is 5.91 Å². The van der Waals surface area contributed by atoms with Crippen molar-refractivity contribution in [1.82, 2.24) is 20.4 Å². The quantitative estimate of drug-likeness (QED) is 0.473. The molecule has 1 aliphatic carbocycles. The largest absolute Gasteiger partial charge is 0.478 e. The van der Waals surface area contributed by atoms with Gasteiger partial charge in [-0.25, -0.2) is 9.59 Å². The van der Waals surface area contributed by atoms with Crippen LogP contribution in [0.15, 0.2) is 54.7 Å². The van der Waals surface area contributed by atoms with Gasteiger partial charge in [-0.15, -0.1) is 0 Å². The molecular weight excluding hydrogens is 436 g/mol. The highest BCUT2D eigenvalue weighted by Gasteiger charge is 2.29. The highest BCUT2D eigenvalue weighted by atomic mass is 16.5. The fraction of sp³-hybridized carbons (Fsp3) is 0.280. The number of aromatic carboxylic acids is 1. The van der Waals surface area contributed by atoms with E-state index in [0.717, 1.165) is 22.3 Å². The Balaban J connectivity index is 1.27. The van der Waals surface area contributed by atoms with Gasteiger partial charge in [0.15, 0.2) is 0 Å². The SMILES string of the molecule is CC(CC(=O)NCc1c(C(=O)O)cnn1C)NC(=O)OCC1c2ccccc2-c2ccccc21. The van der Waals surface area contributed by atoms with Gasteiger partial charge in [0.25, 0.3) is 0 Å². The van der Waals surface area contributed by atoms with E-state index in [0.29, 0.717) is 5.69 Å². The molecule has 0 bridgehead atoms. The zero-order valence-electron chi connectivity index (χ0n) is 18.9. The summed E-state index contributed by atoms with van der Waals surface area (Å²) in [7, 11) is 1.61. The third-order valence-electron chi connectivity index (χ3n) is 5.94. The molecule has 9 heteroatoms. The highest BCUT2D eigenvalue weighted by molar-refractivity contribution is 5.89. The van der Waals surface area contributed by atoms with E-state index in [2.05, 4.69) is 27.9 Å². The normalized spacial score (nSPS) is 13.0. The number of fused-ring (bicyclic) bond motifs is 3. The number of hydrogen-bond acceptors (Lipinski definition) is 5. The number of carbonyl (C=O) groups is 3. The third kappa shape index (κ3) is 4.78. The molecule has 3 aromatic rings. The molecule has 176 valence electrons. The number of carboxylic acid groups (broad SMARTS) is 1. The molecule has 0 saturated carbocycles. The Morgan fingerprint density at radius 3 is 2.32 bits per heavy atom. The lowest BCUT2D eigenvalue weighted by atomic mass is 9.98. The third-order valence-corrected chi connectivity index (χ3v) is 5.94. The molecular formula is C25H26N4O5. The van der Waals surface area contributed by atoms with Crippen molar-refractivity contribution in [2.75, 3.05) is 6.61 Å². The monoisotopic (exact) mass is 462 g/mol. The summed E-state index contributed by atoms with van der Waals surface area (Å²) in [6, 6.07) is 15.7. The first kappa shape index (κ1) is 23.0. The fourth-order valence-electron chi connectivity index (χ4n) is 4.28. The Kier molecular flexibility index (Phi) is 6.62. The average molecular weight is 463 g/mol. The number of ether oxygens (including phenoxy) is 1. The molecule has 0 aliphatic heterocycles. The first-order valence-electron chi connectivity index (χ1n) is 11.0. The Bertz CT molecular complexity index is 1190. The number of amides is 2. The summed E-state index contributed by atoms with van der Waals surface area (Å²) >= 11 is 0. The van der Waals surface area contributed by atoms with Crippen LogP contribution in [0.25, 0.3) is 11.1 Å². The molecule has 1 unspecified atom stereocenters. The number of carbonyl (C=O) groups excluding carboxylic acids is 2. The fourth-order valence-corrected chi connectivity index (χ4v) is 4.28. The van der Waals surface area contributed by atoms with E-state index in [4.69, 9.17) is 4.74 Å². The molecule has 9 nitrogen and oxygen atoms in total. The van der Waals surface area contributed by atoms with Crippen LogP contribution in [-0.2, 0) is 23.1 Å². The Labute approximate surface area is 196 Å². The molecule has 3 N–H and O–H groups in total. The lowest BCUT2D eigenvalue weighted by Gasteiger charge is -2.17. The summed E-state index contributed by atoms with van der Waals surface area (Å²) in [5.41, 5.74) is 4.97. The van der Waals surface area contributed by atoms with Crippen LogP contribution in [0.1, 0.15) is 46.4 Å². The number of nitrogens with zero attached hydrogens (tertiary/aromatic N) is 2. The molecule has 2 amide bonds. The maximum Gasteiger partial charge on any atom is 0.407 e. The number of hydrogen-bond donors (Lipinski definition) is 3. The minimum absolute atomic E-state index is 0.0183. The Morgan fingerprint density at radius 2 is 1.71 bits per heavy atom. The van der Waals surface area contributed by atoms with Crippen molar-refractivity contribution in [3.8, 4) is 11.1 Å². The van der Waals surface area contributed by atoms with E-state index in [1.165, 1.54) is 10.9 Å². The number of nitrogens with one attached hydrogen (secondary N) is 2. The number of aromatic nitrogens is 2. The van der Waals surface area contributed by atoms with E-state index in [1.807, 2.05) is 36.4 Å². The number of carboxylic acids is 1. The zero-order valence-corrected chi connectivity index (χ0v) is 18.9. The van der Waals surface area contributed by atoms with Crippen LogP contribution in [0.5, 0.6) is 0 Å². The Hall–Kier alpha value is -4.14. The summed E-state index contributed by atoms with van der Waals surface area (Å²) in [6.45, 7) is 1.92. The molecule has 0 spiro atoms. The van der Waals surface area contributed by atoms with Gasteiger partial charge < -0.3 is 20.5 Å². The molecule has 4 rings (SSSR count). The summed E-state index contributed by atoms with van der Waals surface area (Å²) in [5, 5.41) is 18.5. The van der Waals surface area contributed by atoms with Gasteiger partial charge in [-0.1, -0.05) is 48.5 Å². The first-order chi connectivity index (χ1) is 16.3. The van der Waals surface area contributed by atoms with Gasteiger partial charge in [-0.05, 0) is 29.2 Å². The van der Waals surface area contributed by atoms with Crippen LogP contribution in [0.3, 0.4) is 0 Å². The van der Waals surface area contributed by atoms with Crippen molar-refractivity contribution < 1.29 is 24.2 Å². The van der Waals surface area contributed by atoms with Gasteiger partial charge in [0.05, 0.1) is 18.4 Å². The molecule has 1 atom stereocenters. The minimum Gasteiger partial charge on any atom is -0.478 e. The van der Waals surface area contributed by atoms with Gasteiger partial charge in [-0.3, -0.25) is 9.48 Å². The minimum atomic E-state index is -1.11. The average Bonchev–Trinajstić information content (AvgIpc) is 3.34. The second kappa shape index (κ2) is 9.78. The predicted octanol–water partition coefficient (Wildman–Crippen LogP) is 3.05. The van der Waals surface area contributed by atoms with Crippen LogP contribution < -0.4 is 10.6 Å². The van der Waals surface area contributed by atoms with Crippen molar-refractivity contribution in [1.29, 1.82) is 0 Å². The second-order valence-corrected chi connectivity index (χ2v) is 8.29. The number of benzene rings is 2. The molecule has 1 aromatic heterocycles. The molecule has 0 radical (unpaired) electrons. The topological polar surface area (TPSA) is 123 Å². The van der Waals surface area contributed by atoms with E-state index in [-0.39, 0.29) is 37.0 Å². The number of alkyl carbamates (subject to hydrolysis) is 1. The summed E-state index contributed by atoms with van der Waals surface area (Å²) in [6.07, 6.45) is 0.664. The lowest BCUT2D eigenvalue weighted by Crippen LogP contribution is -2.38. The van der Waals surface area contributed by atoms with Crippen LogP contribution >= 0.6 is 0 Å². The molecule has 2 aromatic carbocycles. The van der Waals surface area contributed by atoms with Crippen molar-refractivity contribution in [3.63, 3.8) is 0 Å². The summed E-state index contributed by atoms with van der Waals surface area (Å²) < 4.78 is 6.91. The van der Waals surface area contributed by atoms with Crippen molar-refractivity contribution in [3.05, 3.63) is 77.1 Å². The predicted molar refractivity (Wildman–Crippen MR) is 124 cm³/mol. The van der Waals surface area contributed by atoms with Gasteiger partial charge in [0.1, 0.15) is 12.2 Å². The van der Waals surface area contributed by atoms with Crippen LogP contribution in [0.4, 0.5) is 4.79 Å². The molecule has 1 aliphatic rings. The number of aryl methyl sites for hydroxylation is 1. The van der Waals surface area contributed by atoms with E-state index < -0.39 is 18.1 Å². The second-order valence-electron chi connectivity index (χ2n) is 8.29.